The fraction of sp³-hybridized carbons (Fsp3) is 1.00. The van der Waals surface area contributed by atoms with Gasteiger partial charge in [-0.3, -0.25) is 0 Å². The van der Waals surface area contributed by atoms with Crippen LogP contribution in [0, 0.1) is 0 Å². The highest BCUT2D eigenvalue weighted by atomic mass is 35.5. The van der Waals surface area contributed by atoms with Crippen molar-refractivity contribution in [2.45, 2.75) is 51.5 Å². The fourth-order valence-corrected chi connectivity index (χ4v) is 2.13. The molecule has 66 valence electrons. The molecule has 0 spiro atoms. The first-order chi connectivity index (χ1) is 5.41. The Hall–Kier alpha value is 0.507. The van der Waals surface area contributed by atoms with Gasteiger partial charge in [0.1, 0.15) is 0 Å². The van der Waals surface area contributed by atoms with Gasteiger partial charge in [0.25, 0.3) is 0 Å². The van der Waals surface area contributed by atoms with Gasteiger partial charge < -0.3 is 0 Å². The molecule has 0 atom stereocenters. The molecule has 0 fully saturated rings. The predicted octanol–water partition coefficient (Wildman–Crippen LogP) is 3.67. The standard InChI is InChI=1S/C9H19ClSi/c1-2-3-4-5-6-7-8-11-9-10/h2-9H2,1H3. The summed E-state index contributed by atoms with van der Waals surface area (Å²) < 4.78 is 0. The predicted molar refractivity (Wildman–Crippen MR) is 54.7 cm³/mol. The third-order valence-corrected chi connectivity index (χ3v) is 3.26. The van der Waals surface area contributed by atoms with Crippen molar-refractivity contribution in [3.8, 4) is 0 Å². The van der Waals surface area contributed by atoms with Crippen molar-refractivity contribution in [1.29, 1.82) is 0 Å². The van der Waals surface area contributed by atoms with E-state index in [0.717, 1.165) is 15.0 Å². The smallest absolute Gasteiger partial charge is 0.0575 e. The minimum atomic E-state index is 0.870. The van der Waals surface area contributed by atoms with Gasteiger partial charge in [0.2, 0.25) is 0 Å². The highest BCUT2D eigenvalue weighted by Crippen LogP contribution is 2.06. The maximum absolute atomic E-state index is 5.58. The molecule has 11 heavy (non-hydrogen) atoms. The molecule has 0 aromatic heterocycles. The van der Waals surface area contributed by atoms with Crippen molar-refractivity contribution in [3.63, 3.8) is 0 Å². The largest absolute Gasteiger partial charge is 0.131 e. The summed E-state index contributed by atoms with van der Waals surface area (Å²) in [5.41, 5.74) is 0.870. The summed E-state index contributed by atoms with van der Waals surface area (Å²) in [4.78, 5) is 0. The monoisotopic (exact) mass is 190 g/mol. The lowest BCUT2D eigenvalue weighted by molar-refractivity contribution is 0.624. The molecule has 0 heterocycles. The summed E-state index contributed by atoms with van der Waals surface area (Å²) in [6.07, 6.45) is 8.45. The second-order valence-corrected chi connectivity index (χ2v) is 4.97. The van der Waals surface area contributed by atoms with Gasteiger partial charge in [-0.2, -0.15) is 0 Å². The van der Waals surface area contributed by atoms with Crippen LogP contribution in [0.4, 0.5) is 0 Å². The van der Waals surface area contributed by atoms with Crippen molar-refractivity contribution < 1.29 is 0 Å². The Morgan fingerprint density at radius 3 is 2.27 bits per heavy atom. The molecule has 2 radical (unpaired) electrons. The molecule has 0 aromatic carbocycles. The van der Waals surface area contributed by atoms with Crippen LogP contribution < -0.4 is 0 Å². The van der Waals surface area contributed by atoms with Gasteiger partial charge in [0, 0.05) is 5.50 Å². The van der Waals surface area contributed by atoms with Crippen molar-refractivity contribution >= 4 is 21.1 Å². The number of rotatable bonds is 8. The number of unbranched alkanes of at least 4 members (excludes halogenated alkanes) is 5. The second-order valence-electron chi connectivity index (χ2n) is 2.90. The van der Waals surface area contributed by atoms with Crippen LogP contribution in [0.2, 0.25) is 6.04 Å². The third kappa shape index (κ3) is 10.5. The van der Waals surface area contributed by atoms with Gasteiger partial charge in [-0.05, 0) is 0 Å². The molecule has 0 aromatic rings. The molecule has 0 rings (SSSR count). The number of hydrogen-bond donors (Lipinski definition) is 0. The van der Waals surface area contributed by atoms with E-state index in [2.05, 4.69) is 6.92 Å². The van der Waals surface area contributed by atoms with Crippen molar-refractivity contribution in [3.05, 3.63) is 0 Å². The molecular weight excluding hydrogens is 172 g/mol. The summed E-state index contributed by atoms with van der Waals surface area (Å²) in [5.74, 6) is 0. The minimum Gasteiger partial charge on any atom is -0.131 e. The maximum atomic E-state index is 5.58. The molecule has 0 nitrogen and oxygen atoms in total. The molecule has 0 N–H and O–H groups in total. The van der Waals surface area contributed by atoms with Crippen LogP contribution in [-0.4, -0.2) is 15.0 Å². The Morgan fingerprint density at radius 1 is 1.00 bits per heavy atom. The zero-order valence-corrected chi connectivity index (χ0v) is 9.29. The highest BCUT2D eigenvalue weighted by molar-refractivity contribution is 6.50. The number of alkyl halides is 1. The van der Waals surface area contributed by atoms with Gasteiger partial charge in [0.15, 0.2) is 0 Å². The van der Waals surface area contributed by atoms with Crippen molar-refractivity contribution in [2.75, 3.05) is 5.50 Å². The molecule has 0 aliphatic heterocycles. The molecule has 0 saturated carbocycles. The van der Waals surface area contributed by atoms with Crippen LogP contribution >= 0.6 is 11.6 Å². The Bertz CT molecular complexity index is 58.6. The zero-order valence-electron chi connectivity index (χ0n) is 7.53. The summed E-state index contributed by atoms with van der Waals surface area (Å²) in [6.45, 7) is 2.26. The second kappa shape index (κ2) is 10.5. The summed E-state index contributed by atoms with van der Waals surface area (Å²) in [5, 5.41) is 0. The van der Waals surface area contributed by atoms with Crippen molar-refractivity contribution in [2.24, 2.45) is 0 Å². The summed E-state index contributed by atoms with van der Waals surface area (Å²) in [7, 11) is 0.992. The average molecular weight is 191 g/mol. The summed E-state index contributed by atoms with van der Waals surface area (Å²) >= 11 is 5.58. The van der Waals surface area contributed by atoms with Gasteiger partial charge in [-0.15, -0.1) is 11.6 Å². The lowest BCUT2D eigenvalue weighted by Crippen LogP contribution is -1.90. The first-order valence-corrected chi connectivity index (χ1v) is 6.63. The van der Waals surface area contributed by atoms with Crippen LogP contribution in [0.3, 0.4) is 0 Å². The first kappa shape index (κ1) is 11.5. The van der Waals surface area contributed by atoms with Crippen LogP contribution in [0.25, 0.3) is 0 Å². The lowest BCUT2D eigenvalue weighted by atomic mass is 10.1. The third-order valence-electron chi connectivity index (χ3n) is 1.80. The Balaban J connectivity index is 2.69. The van der Waals surface area contributed by atoms with E-state index in [0.29, 0.717) is 0 Å². The topological polar surface area (TPSA) is 0 Å². The molecule has 0 amide bonds. The molecule has 0 saturated heterocycles. The molecule has 0 unspecified atom stereocenters. The Kier molecular flexibility index (Phi) is 11.0. The molecule has 2 heteroatoms. The number of hydrogen-bond acceptors (Lipinski definition) is 0. The van der Waals surface area contributed by atoms with Crippen LogP contribution in [0.15, 0.2) is 0 Å². The van der Waals surface area contributed by atoms with E-state index in [1.807, 2.05) is 0 Å². The molecule has 0 aliphatic rings. The molecule has 0 bridgehead atoms. The van der Waals surface area contributed by atoms with Gasteiger partial charge in [0.05, 0.1) is 9.52 Å². The molecular formula is C9H19ClSi. The first-order valence-electron chi connectivity index (χ1n) is 4.68. The SMILES string of the molecule is CCCCCCCC[Si]CCl. The average Bonchev–Trinajstić information content (AvgIpc) is 2.03. The molecule has 0 aliphatic carbocycles. The van der Waals surface area contributed by atoms with Crippen LogP contribution in [-0.2, 0) is 0 Å². The number of halogens is 1. The van der Waals surface area contributed by atoms with E-state index in [9.17, 15) is 0 Å². The van der Waals surface area contributed by atoms with E-state index in [-0.39, 0.29) is 0 Å². The van der Waals surface area contributed by atoms with E-state index >= 15 is 0 Å². The maximum Gasteiger partial charge on any atom is 0.0575 e. The van der Waals surface area contributed by atoms with Crippen LogP contribution in [0.5, 0.6) is 0 Å². The van der Waals surface area contributed by atoms with E-state index < -0.39 is 0 Å². The van der Waals surface area contributed by atoms with Gasteiger partial charge >= 0.3 is 0 Å². The zero-order chi connectivity index (χ0) is 8.36. The van der Waals surface area contributed by atoms with E-state index in [1.54, 1.807) is 0 Å². The van der Waals surface area contributed by atoms with Gasteiger partial charge in [-0.1, -0.05) is 51.5 Å². The van der Waals surface area contributed by atoms with E-state index in [1.165, 1.54) is 44.6 Å². The lowest BCUT2D eigenvalue weighted by Gasteiger charge is -1.98. The van der Waals surface area contributed by atoms with Crippen molar-refractivity contribution in [1.82, 2.24) is 0 Å². The highest BCUT2D eigenvalue weighted by Gasteiger charge is 1.90. The Morgan fingerprint density at radius 2 is 1.64 bits per heavy atom. The van der Waals surface area contributed by atoms with Crippen LogP contribution in [0.1, 0.15) is 45.4 Å². The van der Waals surface area contributed by atoms with Gasteiger partial charge in [-0.25, -0.2) is 0 Å². The summed E-state index contributed by atoms with van der Waals surface area (Å²) in [6, 6.07) is 1.36. The quantitative estimate of drug-likeness (QED) is 0.311. The van der Waals surface area contributed by atoms with E-state index in [4.69, 9.17) is 11.6 Å². The fourth-order valence-electron chi connectivity index (χ4n) is 1.10. The normalized spacial score (nSPS) is 10.4. The minimum absolute atomic E-state index is 0.870. The Labute approximate surface area is 78.5 Å².